The van der Waals surface area contributed by atoms with Crippen molar-refractivity contribution in [3.63, 3.8) is 0 Å². The summed E-state index contributed by atoms with van der Waals surface area (Å²) in [5.74, 6) is 0.290. The zero-order valence-corrected chi connectivity index (χ0v) is 16.8. The fourth-order valence-corrected chi connectivity index (χ4v) is 3.19. The molecule has 2 rings (SSSR count). The minimum absolute atomic E-state index is 0.0490. The number of unbranched alkanes of at least 4 members (excludes halogenated alkanes) is 1. The van der Waals surface area contributed by atoms with Crippen molar-refractivity contribution in [2.75, 3.05) is 13.1 Å². The molecule has 4 nitrogen and oxygen atoms in total. The molecule has 0 fully saturated rings. The van der Waals surface area contributed by atoms with E-state index in [9.17, 15) is 13.2 Å². The molecule has 2 aromatic rings. The highest BCUT2D eigenvalue weighted by Gasteiger charge is 2.34. The summed E-state index contributed by atoms with van der Waals surface area (Å²) in [6, 6.07) is 5.08. The SMILES string of the molecule is Cc1cnc(CN(CCCCN)Cc2ncccc2C(C)C)c(C(F)(F)F)c1. The Hall–Kier alpha value is -1.99. The number of halogens is 3. The first-order valence-corrected chi connectivity index (χ1v) is 9.61. The standard InChI is InChI=1S/C21H29F3N4/c1-15(2)17-7-6-9-26-19(17)13-28(10-5-4-8-25)14-20-18(21(22,23)24)11-16(3)12-27-20/h6-7,9,11-12,15H,4-5,8,10,13-14,25H2,1-3H3. The molecule has 0 aliphatic rings. The second kappa shape index (κ2) is 9.98. The van der Waals surface area contributed by atoms with Gasteiger partial charge in [-0.3, -0.25) is 14.9 Å². The Bertz CT molecular complexity index is 760. The van der Waals surface area contributed by atoms with Crippen molar-refractivity contribution in [2.45, 2.75) is 58.8 Å². The van der Waals surface area contributed by atoms with Crippen molar-refractivity contribution in [2.24, 2.45) is 5.73 Å². The van der Waals surface area contributed by atoms with E-state index < -0.39 is 11.7 Å². The lowest BCUT2D eigenvalue weighted by atomic mass is 10.0. The third kappa shape index (κ3) is 6.27. The van der Waals surface area contributed by atoms with Gasteiger partial charge in [-0.05, 0) is 62.0 Å². The second-order valence-corrected chi connectivity index (χ2v) is 7.41. The number of hydrogen-bond acceptors (Lipinski definition) is 4. The van der Waals surface area contributed by atoms with Crippen LogP contribution in [-0.4, -0.2) is 28.0 Å². The zero-order chi connectivity index (χ0) is 20.7. The third-order valence-electron chi connectivity index (χ3n) is 4.64. The second-order valence-electron chi connectivity index (χ2n) is 7.41. The lowest BCUT2D eigenvalue weighted by Gasteiger charge is -2.25. The molecule has 154 valence electrons. The molecule has 0 unspecified atom stereocenters. The normalized spacial score (nSPS) is 12.2. The Morgan fingerprint density at radius 3 is 2.46 bits per heavy atom. The number of aromatic nitrogens is 2. The van der Waals surface area contributed by atoms with Gasteiger partial charge in [0.25, 0.3) is 0 Å². The Labute approximate surface area is 165 Å². The van der Waals surface area contributed by atoms with Crippen molar-refractivity contribution < 1.29 is 13.2 Å². The summed E-state index contributed by atoms with van der Waals surface area (Å²) < 4.78 is 40.5. The molecule has 2 heterocycles. The highest BCUT2D eigenvalue weighted by Crippen LogP contribution is 2.32. The Kier molecular flexibility index (Phi) is 7.95. The molecular weight excluding hydrogens is 365 g/mol. The number of alkyl halides is 3. The molecule has 0 radical (unpaired) electrons. The van der Waals surface area contributed by atoms with Crippen LogP contribution < -0.4 is 5.73 Å². The maximum absolute atomic E-state index is 13.5. The maximum atomic E-state index is 13.5. The summed E-state index contributed by atoms with van der Waals surface area (Å²) >= 11 is 0. The van der Waals surface area contributed by atoms with Crippen molar-refractivity contribution in [3.05, 3.63) is 58.7 Å². The zero-order valence-electron chi connectivity index (χ0n) is 16.8. The lowest BCUT2D eigenvalue weighted by Crippen LogP contribution is -2.28. The van der Waals surface area contributed by atoms with Crippen LogP contribution in [0.15, 0.2) is 30.6 Å². The van der Waals surface area contributed by atoms with Gasteiger partial charge in [0.05, 0.1) is 17.0 Å². The number of rotatable bonds is 9. The first-order valence-electron chi connectivity index (χ1n) is 9.61. The summed E-state index contributed by atoms with van der Waals surface area (Å²) in [5, 5.41) is 0. The van der Waals surface area contributed by atoms with E-state index in [2.05, 4.69) is 23.8 Å². The molecule has 2 aromatic heterocycles. The summed E-state index contributed by atoms with van der Waals surface area (Å²) in [5.41, 5.74) is 7.48. The van der Waals surface area contributed by atoms with Crippen molar-refractivity contribution >= 4 is 0 Å². The predicted molar refractivity (Wildman–Crippen MR) is 105 cm³/mol. The fourth-order valence-electron chi connectivity index (χ4n) is 3.19. The van der Waals surface area contributed by atoms with E-state index in [4.69, 9.17) is 5.73 Å². The van der Waals surface area contributed by atoms with E-state index in [0.29, 0.717) is 25.2 Å². The summed E-state index contributed by atoms with van der Waals surface area (Å²) in [4.78, 5) is 10.6. The van der Waals surface area contributed by atoms with E-state index in [1.54, 1.807) is 13.1 Å². The van der Waals surface area contributed by atoms with Crippen LogP contribution in [0.3, 0.4) is 0 Å². The van der Waals surface area contributed by atoms with Crippen LogP contribution in [0.1, 0.15) is 60.7 Å². The molecule has 0 amide bonds. The number of nitrogens with two attached hydrogens (primary N) is 1. The van der Waals surface area contributed by atoms with Crippen LogP contribution in [0.5, 0.6) is 0 Å². The van der Waals surface area contributed by atoms with E-state index in [-0.39, 0.29) is 18.2 Å². The Balaban J connectivity index is 2.30. The van der Waals surface area contributed by atoms with Gasteiger partial charge < -0.3 is 5.73 Å². The van der Waals surface area contributed by atoms with Crippen LogP contribution in [0, 0.1) is 6.92 Å². The van der Waals surface area contributed by atoms with Gasteiger partial charge in [0.15, 0.2) is 0 Å². The highest BCUT2D eigenvalue weighted by molar-refractivity contribution is 5.28. The molecule has 7 heteroatoms. The highest BCUT2D eigenvalue weighted by atomic mass is 19.4. The van der Waals surface area contributed by atoms with E-state index >= 15 is 0 Å². The van der Waals surface area contributed by atoms with Crippen LogP contribution in [0.4, 0.5) is 13.2 Å². The molecule has 0 aromatic carbocycles. The summed E-state index contributed by atoms with van der Waals surface area (Å²) in [6.45, 7) is 7.59. The molecule has 0 atom stereocenters. The van der Waals surface area contributed by atoms with Crippen LogP contribution >= 0.6 is 0 Å². The average molecular weight is 394 g/mol. The minimum atomic E-state index is -4.43. The average Bonchev–Trinajstić information content (AvgIpc) is 2.62. The van der Waals surface area contributed by atoms with E-state index in [0.717, 1.165) is 24.1 Å². The van der Waals surface area contributed by atoms with Gasteiger partial charge in [0.1, 0.15) is 0 Å². The molecule has 0 bridgehead atoms. The fraction of sp³-hybridized carbons (Fsp3) is 0.524. The smallest absolute Gasteiger partial charge is 0.330 e. The maximum Gasteiger partial charge on any atom is 0.418 e. The molecular formula is C21H29F3N4. The Morgan fingerprint density at radius 2 is 1.82 bits per heavy atom. The number of hydrogen-bond donors (Lipinski definition) is 1. The van der Waals surface area contributed by atoms with Gasteiger partial charge in [-0.15, -0.1) is 0 Å². The van der Waals surface area contributed by atoms with Gasteiger partial charge in [0, 0.05) is 25.5 Å². The molecule has 0 saturated heterocycles. The van der Waals surface area contributed by atoms with Gasteiger partial charge in [-0.1, -0.05) is 19.9 Å². The van der Waals surface area contributed by atoms with Crippen molar-refractivity contribution in [3.8, 4) is 0 Å². The van der Waals surface area contributed by atoms with Gasteiger partial charge in [-0.25, -0.2) is 0 Å². The molecule has 0 spiro atoms. The van der Waals surface area contributed by atoms with Crippen molar-refractivity contribution in [1.29, 1.82) is 0 Å². The number of nitrogens with zero attached hydrogens (tertiary/aromatic N) is 3. The van der Waals surface area contributed by atoms with Crippen LogP contribution in [-0.2, 0) is 19.3 Å². The molecule has 2 N–H and O–H groups in total. The monoisotopic (exact) mass is 394 g/mol. The van der Waals surface area contributed by atoms with Gasteiger partial charge >= 0.3 is 6.18 Å². The van der Waals surface area contributed by atoms with Gasteiger partial charge in [0.2, 0.25) is 0 Å². The first kappa shape index (κ1) is 22.3. The van der Waals surface area contributed by atoms with Crippen molar-refractivity contribution in [1.82, 2.24) is 14.9 Å². The van der Waals surface area contributed by atoms with Crippen LogP contribution in [0.2, 0.25) is 0 Å². The summed E-state index contributed by atoms with van der Waals surface area (Å²) in [7, 11) is 0. The van der Waals surface area contributed by atoms with E-state index in [1.165, 1.54) is 12.3 Å². The van der Waals surface area contributed by atoms with Crippen LogP contribution in [0.25, 0.3) is 0 Å². The Morgan fingerprint density at radius 1 is 1.11 bits per heavy atom. The molecule has 28 heavy (non-hydrogen) atoms. The van der Waals surface area contributed by atoms with Gasteiger partial charge in [-0.2, -0.15) is 13.2 Å². The summed E-state index contributed by atoms with van der Waals surface area (Å²) in [6.07, 6.45) is 0.426. The topological polar surface area (TPSA) is 55.0 Å². The quantitative estimate of drug-likeness (QED) is 0.628. The minimum Gasteiger partial charge on any atom is -0.330 e. The number of aryl methyl sites for hydroxylation is 1. The third-order valence-corrected chi connectivity index (χ3v) is 4.64. The van der Waals surface area contributed by atoms with E-state index in [1.807, 2.05) is 17.0 Å². The first-order chi connectivity index (χ1) is 13.2. The molecule has 0 aliphatic carbocycles. The molecule has 0 saturated carbocycles. The largest absolute Gasteiger partial charge is 0.418 e. The lowest BCUT2D eigenvalue weighted by molar-refractivity contribution is -0.138. The predicted octanol–water partition coefficient (Wildman–Crippen LogP) is 4.67. The number of pyridine rings is 2. The molecule has 0 aliphatic heterocycles.